The summed E-state index contributed by atoms with van der Waals surface area (Å²) in [7, 11) is 0. The number of nitrogens with one attached hydrogen (secondary N) is 1. The summed E-state index contributed by atoms with van der Waals surface area (Å²) < 4.78 is 5.88. The first-order valence-corrected chi connectivity index (χ1v) is 22.1. The molecule has 1 amide bonds. The molecule has 0 rings (SSSR count). The predicted molar refractivity (Wildman–Crippen MR) is 229 cm³/mol. The summed E-state index contributed by atoms with van der Waals surface area (Å²) in [6, 6.07) is -0.912. The van der Waals surface area contributed by atoms with Crippen molar-refractivity contribution in [3.63, 3.8) is 0 Å². The van der Waals surface area contributed by atoms with E-state index in [1.54, 1.807) is 0 Å². The molecule has 0 aromatic rings. The third-order valence-electron chi connectivity index (χ3n) is 9.58. The summed E-state index contributed by atoms with van der Waals surface area (Å²) in [4.78, 5) is 36.6. The normalized spacial score (nSPS) is 13.2. The molecule has 0 aliphatic heterocycles. The monoisotopic (exact) mass is 755 g/mol. The summed E-state index contributed by atoms with van der Waals surface area (Å²) in [5, 5.41) is 12.0. The van der Waals surface area contributed by atoms with Gasteiger partial charge in [-0.15, -0.1) is 0 Å². The van der Waals surface area contributed by atoms with Gasteiger partial charge in [0, 0.05) is 12.8 Å². The van der Waals surface area contributed by atoms with Crippen LogP contribution in [-0.2, 0) is 19.1 Å². The second-order valence-corrected chi connectivity index (χ2v) is 14.7. The first kappa shape index (κ1) is 51.1. The zero-order valence-electron chi connectivity index (χ0n) is 34.8. The van der Waals surface area contributed by atoms with Gasteiger partial charge in [0.2, 0.25) is 5.91 Å². The highest BCUT2D eigenvalue weighted by molar-refractivity contribution is 5.83. The smallest absolute Gasteiger partial charge is 0.326 e. The number of carbonyl (C=O) groups is 3. The quantitative estimate of drug-likeness (QED) is 0.0327. The molecule has 0 aromatic carbocycles. The van der Waals surface area contributed by atoms with E-state index in [1.165, 1.54) is 96.3 Å². The molecule has 0 aliphatic carbocycles. The zero-order valence-corrected chi connectivity index (χ0v) is 34.8. The lowest BCUT2D eigenvalue weighted by molar-refractivity contribution is -0.147. The second kappa shape index (κ2) is 41.2. The average Bonchev–Trinajstić information content (AvgIpc) is 3.16. The molecule has 310 valence electrons. The third kappa shape index (κ3) is 37.4. The van der Waals surface area contributed by atoms with E-state index in [9.17, 15) is 19.5 Å². The van der Waals surface area contributed by atoms with Gasteiger partial charge in [-0.2, -0.15) is 0 Å². The fourth-order valence-electron chi connectivity index (χ4n) is 6.28. The van der Waals surface area contributed by atoms with E-state index in [1.807, 2.05) is 12.2 Å². The Labute approximate surface area is 331 Å². The molecule has 2 unspecified atom stereocenters. The van der Waals surface area contributed by atoms with E-state index in [0.717, 1.165) is 44.9 Å². The van der Waals surface area contributed by atoms with Gasteiger partial charge in [0.1, 0.15) is 12.1 Å². The van der Waals surface area contributed by atoms with Gasteiger partial charge in [0.15, 0.2) is 0 Å². The number of amides is 1. The van der Waals surface area contributed by atoms with Crippen LogP contribution in [0, 0.1) is 0 Å². The molecule has 0 saturated carbocycles. The topological polar surface area (TPSA) is 119 Å². The van der Waals surface area contributed by atoms with Crippen LogP contribution in [0.4, 0.5) is 0 Å². The molecule has 0 fully saturated rings. The molecule has 4 N–H and O–H groups in total. The SMILES string of the molecule is CC/C=C\C/C=C\C/C=C\C/C=C\C/C=C\C(CCCCC(=O)NC(CCCN)C(=O)O)OC(=O)CCCCCCCCCCCCCCCCCCC. The number of nitrogens with two attached hydrogens (primary N) is 1. The van der Waals surface area contributed by atoms with Crippen molar-refractivity contribution in [1.82, 2.24) is 5.32 Å². The second-order valence-electron chi connectivity index (χ2n) is 14.7. The van der Waals surface area contributed by atoms with Gasteiger partial charge in [-0.1, -0.05) is 171 Å². The Kier molecular flexibility index (Phi) is 39.0. The molecule has 54 heavy (non-hydrogen) atoms. The van der Waals surface area contributed by atoms with Gasteiger partial charge in [-0.25, -0.2) is 4.79 Å². The van der Waals surface area contributed by atoms with Gasteiger partial charge in [0.05, 0.1) is 0 Å². The Morgan fingerprint density at radius 3 is 1.46 bits per heavy atom. The Hall–Kier alpha value is -2.93. The molecular weight excluding hydrogens is 673 g/mol. The van der Waals surface area contributed by atoms with Crippen LogP contribution >= 0.6 is 0 Å². The highest BCUT2D eigenvalue weighted by Gasteiger charge is 2.19. The molecule has 7 nitrogen and oxygen atoms in total. The van der Waals surface area contributed by atoms with E-state index in [2.05, 4.69) is 67.8 Å². The number of carboxylic acids is 1. The molecule has 0 saturated heterocycles. The lowest BCUT2D eigenvalue weighted by atomic mass is 10.0. The van der Waals surface area contributed by atoms with Crippen LogP contribution in [0.15, 0.2) is 60.8 Å². The number of rotatable bonds is 39. The molecule has 0 aliphatic rings. The number of unbranched alkanes of at least 4 members (excludes halogenated alkanes) is 17. The summed E-state index contributed by atoms with van der Waals surface area (Å²) in [5.41, 5.74) is 5.50. The number of hydrogen-bond acceptors (Lipinski definition) is 5. The number of ether oxygens (including phenoxy) is 1. The van der Waals surface area contributed by atoms with Crippen LogP contribution in [0.2, 0.25) is 0 Å². The highest BCUT2D eigenvalue weighted by Crippen LogP contribution is 2.16. The minimum Gasteiger partial charge on any atom is -0.480 e. The lowest BCUT2D eigenvalue weighted by Crippen LogP contribution is -2.40. The minimum atomic E-state index is -1.04. The van der Waals surface area contributed by atoms with Gasteiger partial charge in [-0.3, -0.25) is 9.59 Å². The molecule has 2 atom stereocenters. The predicted octanol–water partition coefficient (Wildman–Crippen LogP) is 12.6. The van der Waals surface area contributed by atoms with Crippen molar-refractivity contribution >= 4 is 17.8 Å². The van der Waals surface area contributed by atoms with Crippen molar-refractivity contribution < 1.29 is 24.2 Å². The van der Waals surface area contributed by atoms with Crippen molar-refractivity contribution in [2.45, 2.75) is 212 Å². The van der Waals surface area contributed by atoms with Crippen LogP contribution in [0.5, 0.6) is 0 Å². The number of hydrogen-bond donors (Lipinski definition) is 3. The zero-order chi connectivity index (χ0) is 39.6. The largest absolute Gasteiger partial charge is 0.480 e. The number of esters is 1. The third-order valence-corrected chi connectivity index (χ3v) is 9.58. The summed E-state index contributed by atoms with van der Waals surface area (Å²) >= 11 is 0. The van der Waals surface area contributed by atoms with Crippen LogP contribution in [0.3, 0.4) is 0 Å². The summed E-state index contributed by atoms with van der Waals surface area (Å²) in [6.45, 7) is 4.80. The van der Waals surface area contributed by atoms with Gasteiger partial charge < -0.3 is 20.9 Å². The average molecular weight is 755 g/mol. The van der Waals surface area contributed by atoms with Crippen LogP contribution < -0.4 is 11.1 Å². The molecule has 0 spiro atoms. The Morgan fingerprint density at radius 1 is 0.556 bits per heavy atom. The molecule has 0 heterocycles. The van der Waals surface area contributed by atoms with Gasteiger partial charge in [-0.05, 0) is 83.2 Å². The Balaban J connectivity index is 4.47. The molecule has 7 heteroatoms. The van der Waals surface area contributed by atoms with Crippen molar-refractivity contribution in [3.05, 3.63) is 60.8 Å². The Morgan fingerprint density at radius 2 is 1.00 bits per heavy atom. The first-order chi connectivity index (χ1) is 26.4. The van der Waals surface area contributed by atoms with Crippen molar-refractivity contribution in [2.24, 2.45) is 5.73 Å². The van der Waals surface area contributed by atoms with E-state index in [0.29, 0.717) is 45.1 Å². The first-order valence-electron chi connectivity index (χ1n) is 22.1. The van der Waals surface area contributed by atoms with Crippen molar-refractivity contribution in [2.75, 3.05) is 6.54 Å². The van der Waals surface area contributed by atoms with Crippen LogP contribution in [0.25, 0.3) is 0 Å². The van der Waals surface area contributed by atoms with E-state index < -0.39 is 12.0 Å². The maximum atomic E-state index is 12.8. The van der Waals surface area contributed by atoms with Gasteiger partial charge >= 0.3 is 11.9 Å². The maximum Gasteiger partial charge on any atom is 0.326 e. The van der Waals surface area contributed by atoms with E-state index in [4.69, 9.17) is 10.5 Å². The number of carboxylic acid groups (broad SMARTS) is 1. The lowest BCUT2D eigenvalue weighted by Gasteiger charge is -2.16. The van der Waals surface area contributed by atoms with E-state index >= 15 is 0 Å². The van der Waals surface area contributed by atoms with Crippen molar-refractivity contribution in [1.29, 1.82) is 0 Å². The number of allylic oxidation sites excluding steroid dienone is 9. The fraction of sp³-hybridized carbons (Fsp3) is 0.723. The van der Waals surface area contributed by atoms with Crippen LogP contribution in [-0.4, -0.2) is 41.6 Å². The molecule has 0 bridgehead atoms. The summed E-state index contributed by atoms with van der Waals surface area (Å²) in [6.07, 6.45) is 51.3. The molecule has 0 aromatic heterocycles. The van der Waals surface area contributed by atoms with Crippen LogP contribution in [0.1, 0.15) is 200 Å². The van der Waals surface area contributed by atoms with E-state index in [-0.39, 0.29) is 24.4 Å². The standard InChI is InChI=1S/C47H82N2O5/c1-3-5-7-9-11-13-15-17-19-20-21-23-25-27-29-31-33-41-46(51)54-43(38-34-35-40-45(50)49-44(47(52)53)39-36-42-48)37-32-30-28-26-24-22-18-16-14-12-10-8-6-4-2/h6,8,12,14,18,22,26,28,32,37,43-44H,3-5,7,9-11,13,15-17,19-21,23-25,27,29-31,33-36,38-42,48H2,1-2H3,(H,49,50)(H,52,53)/b8-6-,14-12-,22-18-,28-26-,37-32-. The van der Waals surface area contributed by atoms with Gasteiger partial charge in [0.25, 0.3) is 0 Å². The molecule has 0 radical (unpaired) electrons. The number of aliphatic carboxylic acids is 1. The minimum absolute atomic E-state index is 0.163. The molecular formula is C47H82N2O5. The fourth-order valence-corrected chi connectivity index (χ4v) is 6.28. The maximum absolute atomic E-state index is 12.8. The Bertz CT molecular complexity index is 1030. The summed E-state index contributed by atoms with van der Waals surface area (Å²) in [5.74, 6) is -1.48. The highest BCUT2D eigenvalue weighted by atomic mass is 16.5. The van der Waals surface area contributed by atoms with Crippen molar-refractivity contribution in [3.8, 4) is 0 Å². The number of carbonyl (C=O) groups excluding carboxylic acids is 2.